The number of benzene rings is 2. The number of amidine groups is 1. The maximum absolute atomic E-state index is 13.6. The highest BCUT2D eigenvalue weighted by atomic mass is 19.1. The van der Waals surface area contributed by atoms with E-state index in [2.05, 4.69) is 0 Å². The topological polar surface area (TPSA) is 59.1 Å². The summed E-state index contributed by atoms with van der Waals surface area (Å²) in [7, 11) is 0. The molecule has 0 aliphatic carbocycles. The van der Waals surface area contributed by atoms with Crippen molar-refractivity contribution in [2.45, 2.75) is 20.5 Å². The fourth-order valence-electron chi connectivity index (χ4n) is 2.15. The van der Waals surface area contributed by atoms with E-state index in [1.54, 1.807) is 26.0 Å². The van der Waals surface area contributed by atoms with Gasteiger partial charge in [-0.1, -0.05) is 6.07 Å². The van der Waals surface area contributed by atoms with Crippen molar-refractivity contribution in [2.24, 2.45) is 5.73 Å². The molecule has 0 aliphatic rings. The highest BCUT2D eigenvalue weighted by Gasteiger charge is 2.12. The second-order valence-electron chi connectivity index (χ2n) is 4.84. The van der Waals surface area contributed by atoms with Gasteiger partial charge in [-0.2, -0.15) is 0 Å². The molecule has 0 amide bonds. The van der Waals surface area contributed by atoms with Crippen molar-refractivity contribution in [1.82, 2.24) is 0 Å². The number of rotatable bonds is 4. The summed E-state index contributed by atoms with van der Waals surface area (Å²) in [5, 5.41) is 7.43. The summed E-state index contributed by atoms with van der Waals surface area (Å²) in [6.45, 7) is 3.40. The van der Waals surface area contributed by atoms with Crippen LogP contribution in [-0.2, 0) is 6.61 Å². The Morgan fingerprint density at radius 2 is 1.67 bits per heavy atom. The average Bonchev–Trinajstić information content (AvgIpc) is 2.40. The molecule has 0 aromatic heterocycles. The molecule has 5 heteroatoms. The molecule has 0 radical (unpaired) electrons. The molecule has 0 saturated carbocycles. The molecule has 0 unspecified atom stereocenters. The lowest BCUT2D eigenvalue weighted by molar-refractivity contribution is 0.288. The molecule has 2 aromatic rings. The molecule has 0 saturated heterocycles. The van der Waals surface area contributed by atoms with Crippen LogP contribution in [0, 0.1) is 30.9 Å². The molecule has 0 bridgehead atoms. The predicted octanol–water partition coefficient (Wildman–Crippen LogP) is 3.44. The Labute approximate surface area is 121 Å². The van der Waals surface area contributed by atoms with Crippen molar-refractivity contribution in [3.05, 3.63) is 64.2 Å². The van der Waals surface area contributed by atoms with Crippen LogP contribution in [0.5, 0.6) is 5.75 Å². The van der Waals surface area contributed by atoms with Gasteiger partial charge in [-0.15, -0.1) is 0 Å². The van der Waals surface area contributed by atoms with Crippen molar-refractivity contribution >= 4 is 5.84 Å². The lowest BCUT2D eigenvalue weighted by Gasteiger charge is -2.14. The Kier molecular flexibility index (Phi) is 4.21. The third-order valence-electron chi connectivity index (χ3n) is 3.19. The number of nitrogens with two attached hydrogens (primary N) is 1. The Hall–Kier alpha value is -2.43. The third-order valence-corrected chi connectivity index (χ3v) is 3.19. The van der Waals surface area contributed by atoms with Crippen LogP contribution in [0.1, 0.15) is 22.3 Å². The van der Waals surface area contributed by atoms with E-state index >= 15 is 0 Å². The van der Waals surface area contributed by atoms with Crippen LogP contribution >= 0.6 is 0 Å². The van der Waals surface area contributed by atoms with E-state index in [1.165, 1.54) is 18.2 Å². The molecular weight excluding hydrogens is 274 g/mol. The quantitative estimate of drug-likeness (QED) is 0.669. The first-order valence-corrected chi connectivity index (χ1v) is 6.41. The number of hydrogen-bond acceptors (Lipinski definition) is 2. The summed E-state index contributed by atoms with van der Waals surface area (Å²) < 4.78 is 32.7. The number of ether oxygens (including phenoxy) is 1. The molecule has 0 aliphatic heterocycles. The van der Waals surface area contributed by atoms with Crippen LogP contribution < -0.4 is 10.5 Å². The molecule has 2 rings (SSSR count). The molecular formula is C16H16F2N2O. The van der Waals surface area contributed by atoms with Gasteiger partial charge in [-0.05, 0) is 49.2 Å². The van der Waals surface area contributed by atoms with Gasteiger partial charge in [0.15, 0.2) is 0 Å². The Morgan fingerprint density at radius 3 is 2.14 bits per heavy atom. The molecule has 110 valence electrons. The van der Waals surface area contributed by atoms with Crippen molar-refractivity contribution in [2.75, 3.05) is 0 Å². The molecule has 3 N–H and O–H groups in total. The van der Waals surface area contributed by atoms with Crippen LogP contribution in [0.25, 0.3) is 0 Å². The highest BCUT2D eigenvalue weighted by molar-refractivity contribution is 5.95. The largest absolute Gasteiger partial charge is 0.488 e. The average molecular weight is 290 g/mol. The molecule has 0 spiro atoms. The van der Waals surface area contributed by atoms with Crippen molar-refractivity contribution in [1.29, 1.82) is 5.41 Å². The van der Waals surface area contributed by atoms with Gasteiger partial charge in [0, 0.05) is 5.56 Å². The van der Waals surface area contributed by atoms with Crippen LogP contribution in [0.15, 0.2) is 30.3 Å². The maximum Gasteiger partial charge on any atom is 0.132 e. The second kappa shape index (κ2) is 5.91. The molecule has 0 atom stereocenters. The Morgan fingerprint density at radius 1 is 1.14 bits per heavy atom. The fourth-order valence-corrected chi connectivity index (χ4v) is 2.15. The summed E-state index contributed by atoms with van der Waals surface area (Å²) in [5.74, 6) is -0.758. The minimum atomic E-state index is -0.634. The van der Waals surface area contributed by atoms with E-state index in [-0.39, 0.29) is 18.0 Å². The van der Waals surface area contributed by atoms with Crippen LogP contribution in [-0.4, -0.2) is 5.84 Å². The monoisotopic (exact) mass is 290 g/mol. The summed E-state index contributed by atoms with van der Waals surface area (Å²) in [6.07, 6.45) is 0. The van der Waals surface area contributed by atoms with Crippen molar-refractivity contribution in [3.8, 4) is 5.75 Å². The molecule has 21 heavy (non-hydrogen) atoms. The van der Waals surface area contributed by atoms with E-state index in [0.29, 0.717) is 11.3 Å². The SMILES string of the molecule is Cc1cc(C(=N)N)cc(C)c1OCc1c(F)cccc1F. The molecule has 3 nitrogen and oxygen atoms in total. The van der Waals surface area contributed by atoms with Gasteiger partial charge in [0.05, 0.1) is 5.56 Å². The zero-order valence-electron chi connectivity index (χ0n) is 11.8. The molecule has 0 heterocycles. The minimum Gasteiger partial charge on any atom is -0.488 e. The Bertz CT molecular complexity index is 655. The smallest absolute Gasteiger partial charge is 0.132 e. The number of nitrogen functional groups attached to an aromatic ring is 1. The van der Waals surface area contributed by atoms with Crippen LogP contribution in [0.3, 0.4) is 0 Å². The zero-order valence-corrected chi connectivity index (χ0v) is 11.8. The lowest BCUT2D eigenvalue weighted by Crippen LogP contribution is -2.12. The van der Waals surface area contributed by atoms with Gasteiger partial charge in [0.25, 0.3) is 0 Å². The standard InChI is InChI=1S/C16H16F2N2O/c1-9-6-11(16(19)20)7-10(2)15(9)21-8-12-13(17)4-3-5-14(12)18/h3-7H,8H2,1-2H3,(H3,19,20). The summed E-state index contributed by atoms with van der Waals surface area (Å²) in [4.78, 5) is 0. The van der Waals surface area contributed by atoms with E-state index in [1.807, 2.05) is 0 Å². The van der Waals surface area contributed by atoms with Gasteiger partial charge in [-0.3, -0.25) is 5.41 Å². The summed E-state index contributed by atoms with van der Waals surface area (Å²) in [6, 6.07) is 7.12. The van der Waals surface area contributed by atoms with Gasteiger partial charge >= 0.3 is 0 Å². The number of aryl methyl sites for hydroxylation is 2. The predicted molar refractivity (Wildman–Crippen MR) is 77.6 cm³/mol. The number of halogens is 2. The van der Waals surface area contributed by atoms with Gasteiger partial charge < -0.3 is 10.5 Å². The first kappa shape index (κ1) is 15.0. The van der Waals surface area contributed by atoms with Gasteiger partial charge in [0.2, 0.25) is 0 Å². The minimum absolute atomic E-state index is 0.0344. The zero-order chi connectivity index (χ0) is 15.6. The van der Waals surface area contributed by atoms with Crippen LogP contribution in [0.2, 0.25) is 0 Å². The van der Waals surface area contributed by atoms with Gasteiger partial charge in [0.1, 0.15) is 29.8 Å². The van der Waals surface area contributed by atoms with E-state index < -0.39 is 11.6 Å². The third kappa shape index (κ3) is 3.18. The van der Waals surface area contributed by atoms with Crippen molar-refractivity contribution in [3.63, 3.8) is 0 Å². The summed E-state index contributed by atoms with van der Waals surface area (Å²) >= 11 is 0. The molecule has 0 fully saturated rings. The van der Waals surface area contributed by atoms with E-state index in [0.717, 1.165) is 11.1 Å². The van der Waals surface area contributed by atoms with E-state index in [4.69, 9.17) is 15.9 Å². The maximum atomic E-state index is 13.6. The summed E-state index contributed by atoms with van der Waals surface area (Å²) in [5.41, 5.74) is 7.46. The second-order valence-corrected chi connectivity index (χ2v) is 4.84. The highest BCUT2D eigenvalue weighted by Crippen LogP contribution is 2.26. The number of nitrogens with one attached hydrogen (secondary N) is 1. The van der Waals surface area contributed by atoms with E-state index in [9.17, 15) is 8.78 Å². The number of hydrogen-bond donors (Lipinski definition) is 2. The first-order valence-electron chi connectivity index (χ1n) is 6.41. The Balaban J connectivity index is 2.27. The van der Waals surface area contributed by atoms with Gasteiger partial charge in [-0.25, -0.2) is 8.78 Å². The first-order chi connectivity index (χ1) is 9.90. The molecule has 2 aromatic carbocycles. The van der Waals surface area contributed by atoms with Crippen LogP contribution in [0.4, 0.5) is 8.78 Å². The lowest BCUT2D eigenvalue weighted by atomic mass is 10.0. The fraction of sp³-hybridized carbons (Fsp3) is 0.188. The normalized spacial score (nSPS) is 10.5. The van der Waals surface area contributed by atoms with Crippen molar-refractivity contribution < 1.29 is 13.5 Å².